The lowest BCUT2D eigenvalue weighted by Gasteiger charge is -2.16. The predicted molar refractivity (Wildman–Crippen MR) is 85.8 cm³/mol. The smallest absolute Gasteiger partial charge is 0.165 e. The number of hydrogen-bond acceptors (Lipinski definition) is 3. The molecule has 0 saturated heterocycles. The van der Waals surface area contributed by atoms with Crippen molar-refractivity contribution in [3.63, 3.8) is 0 Å². The molecule has 4 nitrogen and oxygen atoms in total. The molecule has 1 aromatic heterocycles. The van der Waals surface area contributed by atoms with Crippen LogP contribution in [0.15, 0.2) is 59.9 Å². The molecule has 3 aromatic rings. The third kappa shape index (κ3) is 2.79. The maximum atomic E-state index is 13.1. The van der Waals surface area contributed by atoms with Gasteiger partial charge in [-0.2, -0.15) is 0 Å². The Morgan fingerprint density at radius 1 is 1.00 bits per heavy atom. The number of halogens is 1. The van der Waals surface area contributed by atoms with Gasteiger partial charge < -0.3 is 4.90 Å². The topological polar surface area (TPSA) is 41.4 Å². The molecular formula is C17H15FN4. The van der Waals surface area contributed by atoms with Crippen LogP contribution in [-0.4, -0.2) is 34.8 Å². The first-order chi connectivity index (χ1) is 10.6. The second-order valence-corrected chi connectivity index (χ2v) is 5.05. The van der Waals surface area contributed by atoms with Crippen molar-refractivity contribution in [2.45, 2.75) is 0 Å². The normalized spacial score (nSPS) is 11.7. The van der Waals surface area contributed by atoms with Gasteiger partial charge in [0.1, 0.15) is 18.0 Å². The number of rotatable bonds is 2. The fraction of sp³-hybridized carbons (Fsp3) is 0.118. The SMILES string of the molecule is CN(C)C(=Nc1ncnc2ccccc12)c1ccc(F)cc1. The molecule has 0 unspecified atom stereocenters. The molecule has 0 aliphatic heterocycles. The molecule has 22 heavy (non-hydrogen) atoms. The van der Waals surface area contributed by atoms with Crippen molar-refractivity contribution in [2.75, 3.05) is 14.1 Å². The Labute approximate surface area is 128 Å². The Bertz CT molecular complexity index is 820. The van der Waals surface area contributed by atoms with E-state index in [0.717, 1.165) is 16.5 Å². The van der Waals surface area contributed by atoms with E-state index >= 15 is 0 Å². The molecule has 0 bridgehead atoms. The molecule has 0 saturated carbocycles. The summed E-state index contributed by atoms with van der Waals surface area (Å²) in [5.41, 5.74) is 1.67. The van der Waals surface area contributed by atoms with Crippen LogP contribution in [0.1, 0.15) is 5.56 Å². The zero-order valence-electron chi connectivity index (χ0n) is 12.4. The van der Waals surface area contributed by atoms with Crippen molar-refractivity contribution < 1.29 is 4.39 Å². The fourth-order valence-corrected chi connectivity index (χ4v) is 2.20. The molecule has 3 rings (SSSR count). The molecule has 0 fully saturated rings. The number of nitrogens with zero attached hydrogens (tertiary/aromatic N) is 4. The van der Waals surface area contributed by atoms with Gasteiger partial charge in [0.05, 0.1) is 5.52 Å². The van der Waals surface area contributed by atoms with Crippen LogP contribution in [0, 0.1) is 5.82 Å². The van der Waals surface area contributed by atoms with Crippen LogP contribution in [0.4, 0.5) is 10.2 Å². The van der Waals surface area contributed by atoms with Crippen LogP contribution in [0.3, 0.4) is 0 Å². The summed E-state index contributed by atoms with van der Waals surface area (Å²) >= 11 is 0. The first-order valence-electron chi connectivity index (χ1n) is 6.87. The predicted octanol–water partition coefficient (Wildman–Crippen LogP) is 3.41. The number of benzene rings is 2. The van der Waals surface area contributed by atoms with E-state index in [0.29, 0.717) is 11.7 Å². The Hall–Kier alpha value is -2.82. The lowest BCUT2D eigenvalue weighted by atomic mass is 10.2. The summed E-state index contributed by atoms with van der Waals surface area (Å²) in [6.07, 6.45) is 1.50. The minimum atomic E-state index is -0.269. The highest BCUT2D eigenvalue weighted by Crippen LogP contribution is 2.22. The number of aliphatic imine (C=N–C) groups is 1. The molecule has 5 heteroatoms. The molecule has 0 amide bonds. The van der Waals surface area contributed by atoms with Crippen molar-refractivity contribution in [3.8, 4) is 0 Å². The summed E-state index contributed by atoms with van der Waals surface area (Å²) in [6.45, 7) is 0. The van der Waals surface area contributed by atoms with E-state index in [1.54, 1.807) is 12.1 Å². The molecule has 0 atom stereocenters. The zero-order valence-corrected chi connectivity index (χ0v) is 12.4. The van der Waals surface area contributed by atoms with Gasteiger partial charge in [-0.1, -0.05) is 12.1 Å². The molecule has 0 N–H and O–H groups in total. The Morgan fingerprint density at radius 2 is 1.73 bits per heavy atom. The summed E-state index contributed by atoms with van der Waals surface area (Å²) in [6, 6.07) is 14.0. The monoisotopic (exact) mass is 294 g/mol. The van der Waals surface area contributed by atoms with Gasteiger partial charge in [-0.05, 0) is 36.4 Å². The summed E-state index contributed by atoms with van der Waals surface area (Å²) in [4.78, 5) is 15.0. The third-order valence-electron chi connectivity index (χ3n) is 3.26. The lowest BCUT2D eigenvalue weighted by Crippen LogP contribution is -2.22. The van der Waals surface area contributed by atoms with Gasteiger partial charge in [0, 0.05) is 25.0 Å². The van der Waals surface area contributed by atoms with E-state index < -0.39 is 0 Å². The van der Waals surface area contributed by atoms with Crippen LogP contribution in [0.5, 0.6) is 0 Å². The number of hydrogen-bond donors (Lipinski definition) is 0. The summed E-state index contributed by atoms with van der Waals surface area (Å²) < 4.78 is 13.1. The van der Waals surface area contributed by atoms with Crippen molar-refractivity contribution in [2.24, 2.45) is 4.99 Å². The summed E-state index contributed by atoms with van der Waals surface area (Å²) in [7, 11) is 3.79. The molecule has 0 radical (unpaired) electrons. The van der Waals surface area contributed by atoms with E-state index in [4.69, 9.17) is 0 Å². The average molecular weight is 294 g/mol. The number of para-hydroxylation sites is 1. The Morgan fingerprint density at radius 3 is 2.45 bits per heavy atom. The maximum absolute atomic E-state index is 13.1. The van der Waals surface area contributed by atoms with Crippen LogP contribution in [-0.2, 0) is 0 Å². The Balaban J connectivity index is 2.15. The quantitative estimate of drug-likeness (QED) is 0.537. The minimum Gasteiger partial charge on any atom is -0.362 e. The largest absolute Gasteiger partial charge is 0.362 e. The van der Waals surface area contributed by atoms with Gasteiger partial charge in [0.15, 0.2) is 5.82 Å². The zero-order chi connectivity index (χ0) is 15.5. The van der Waals surface area contributed by atoms with Crippen LogP contribution in [0.2, 0.25) is 0 Å². The second-order valence-electron chi connectivity index (χ2n) is 5.05. The fourth-order valence-electron chi connectivity index (χ4n) is 2.20. The molecule has 0 aliphatic carbocycles. The minimum absolute atomic E-state index is 0.269. The van der Waals surface area contributed by atoms with Crippen LogP contribution < -0.4 is 0 Å². The molecular weight excluding hydrogens is 279 g/mol. The van der Waals surface area contributed by atoms with Crippen LogP contribution in [0.25, 0.3) is 10.9 Å². The van der Waals surface area contributed by atoms with Crippen molar-refractivity contribution >= 4 is 22.6 Å². The number of amidine groups is 1. The highest BCUT2D eigenvalue weighted by atomic mass is 19.1. The van der Waals surface area contributed by atoms with Gasteiger partial charge in [-0.15, -0.1) is 0 Å². The van der Waals surface area contributed by atoms with Gasteiger partial charge in [-0.3, -0.25) is 0 Å². The summed E-state index contributed by atoms with van der Waals surface area (Å²) in [5, 5.41) is 0.881. The van der Waals surface area contributed by atoms with Crippen LogP contribution >= 0.6 is 0 Å². The number of fused-ring (bicyclic) bond motifs is 1. The van der Waals surface area contributed by atoms with Gasteiger partial charge in [0.25, 0.3) is 0 Å². The second kappa shape index (κ2) is 5.89. The van der Waals surface area contributed by atoms with Gasteiger partial charge in [-0.25, -0.2) is 19.4 Å². The standard InChI is InChI=1S/C17H15FN4/c1-22(2)17(12-7-9-13(18)10-8-12)21-16-14-5-3-4-6-15(14)19-11-20-16/h3-11H,1-2H3. The van der Waals surface area contributed by atoms with Gasteiger partial charge >= 0.3 is 0 Å². The van der Waals surface area contributed by atoms with Gasteiger partial charge in [0.2, 0.25) is 0 Å². The highest BCUT2D eigenvalue weighted by Gasteiger charge is 2.09. The average Bonchev–Trinajstić information content (AvgIpc) is 2.53. The van der Waals surface area contributed by atoms with E-state index in [1.165, 1.54) is 18.5 Å². The lowest BCUT2D eigenvalue weighted by molar-refractivity contribution is 0.619. The van der Waals surface area contributed by atoms with Crippen molar-refractivity contribution in [1.29, 1.82) is 0 Å². The van der Waals surface area contributed by atoms with E-state index in [2.05, 4.69) is 15.0 Å². The molecule has 2 aromatic carbocycles. The van der Waals surface area contributed by atoms with Crippen molar-refractivity contribution in [3.05, 3.63) is 66.2 Å². The molecule has 1 heterocycles. The first-order valence-corrected chi connectivity index (χ1v) is 6.87. The molecule has 0 aliphatic rings. The first kappa shape index (κ1) is 14.1. The number of aromatic nitrogens is 2. The van der Waals surface area contributed by atoms with E-state index in [9.17, 15) is 4.39 Å². The maximum Gasteiger partial charge on any atom is 0.165 e. The van der Waals surface area contributed by atoms with E-state index in [1.807, 2.05) is 43.3 Å². The van der Waals surface area contributed by atoms with E-state index in [-0.39, 0.29) is 5.82 Å². The third-order valence-corrected chi connectivity index (χ3v) is 3.26. The highest BCUT2D eigenvalue weighted by molar-refractivity contribution is 6.01. The van der Waals surface area contributed by atoms with Crippen molar-refractivity contribution in [1.82, 2.24) is 14.9 Å². The molecule has 0 spiro atoms. The molecule has 110 valence electrons. The summed E-state index contributed by atoms with van der Waals surface area (Å²) in [5.74, 6) is 1.04. The Kier molecular flexibility index (Phi) is 3.78.